The number of fused-ring (bicyclic) bond motifs is 3. The summed E-state index contributed by atoms with van der Waals surface area (Å²) < 4.78 is 6.06. The predicted molar refractivity (Wildman–Crippen MR) is 192 cm³/mol. The Labute approximate surface area is 289 Å². The summed E-state index contributed by atoms with van der Waals surface area (Å²) in [6.07, 6.45) is 6.11. The number of nitrogens with zero attached hydrogens (tertiary/aromatic N) is 3. The van der Waals surface area contributed by atoms with Crippen LogP contribution in [0.1, 0.15) is 51.4 Å². The largest absolute Gasteiger partial charge is 0.486 e. The van der Waals surface area contributed by atoms with Gasteiger partial charge in [-0.05, 0) is 65.9 Å². The molecule has 4 nitrogen and oxygen atoms in total. The minimum absolute atomic E-state index is 0. The number of hydrogen-bond acceptors (Lipinski definition) is 4. The molecule has 0 spiro atoms. The molecule has 0 unspecified atom stereocenters. The first-order valence-electron chi connectivity index (χ1n) is 15.9. The molecule has 0 saturated heterocycles. The van der Waals surface area contributed by atoms with E-state index in [4.69, 9.17) is 9.40 Å². The van der Waals surface area contributed by atoms with Gasteiger partial charge in [0.05, 0.1) is 13.7 Å². The van der Waals surface area contributed by atoms with Gasteiger partial charge in [-0.1, -0.05) is 88.5 Å². The monoisotopic (exact) mass is 804 g/mol. The van der Waals surface area contributed by atoms with Crippen LogP contribution in [0.3, 0.4) is 0 Å². The Morgan fingerprint density at radius 1 is 0.870 bits per heavy atom. The van der Waals surface area contributed by atoms with E-state index in [0.29, 0.717) is 11.6 Å². The molecule has 241 valence electrons. The molecule has 6 rings (SSSR count). The van der Waals surface area contributed by atoms with Gasteiger partial charge in [-0.25, -0.2) is 4.98 Å². The third-order valence-corrected chi connectivity index (χ3v) is 9.73. The Kier molecular flexibility index (Phi) is 11.2. The van der Waals surface area contributed by atoms with Crippen LogP contribution in [0.2, 0.25) is 19.6 Å². The Balaban J connectivity index is 0.000000207. The summed E-state index contributed by atoms with van der Waals surface area (Å²) in [6, 6.07) is 29.2. The first-order chi connectivity index (χ1) is 21.3. The van der Waals surface area contributed by atoms with Crippen LogP contribution in [-0.4, -0.2) is 23.0 Å². The van der Waals surface area contributed by atoms with E-state index < -0.39 is 8.07 Å². The van der Waals surface area contributed by atoms with Gasteiger partial charge in [0.1, 0.15) is 0 Å². The van der Waals surface area contributed by atoms with Gasteiger partial charge < -0.3 is 14.4 Å². The van der Waals surface area contributed by atoms with Gasteiger partial charge in [-0.15, -0.1) is 54.1 Å². The van der Waals surface area contributed by atoms with E-state index in [9.17, 15) is 0 Å². The molecule has 2 aromatic carbocycles. The minimum Gasteiger partial charge on any atom is -0.486 e. The average Bonchev–Trinajstić information content (AvgIpc) is 3.34. The van der Waals surface area contributed by atoms with E-state index in [1.54, 1.807) is 0 Å². The summed E-state index contributed by atoms with van der Waals surface area (Å²) in [5.74, 6) is 0.610. The smallest absolute Gasteiger partial charge is 0.216 e. The van der Waals surface area contributed by atoms with E-state index in [2.05, 4.69) is 113 Å². The molecule has 0 bridgehead atoms. The zero-order valence-electron chi connectivity index (χ0n) is 28.6. The van der Waals surface area contributed by atoms with E-state index in [0.717, 1.165) is 57.4 Å². The van der Waals surface area contributed by atoms with Crippen molar-refractivity contribution in [1.82, 2.24) is 15.0 Å². The number of rotatable bonds is 6. The normalized spacial score (nSPS) is 11.8. The van der Waals surface area contributed by atoms with Gasteiger partial charge in [0.2, 0.25) is 5.71 Å². The molecule has 0 aliphatic rings. The summed E-state index contributed by atoms with van der Waals surface area (Å²) in [7, 11) is -1.37. The Hall–Kier alpha value is -3.44. The summed E-state index contributed by atoms with van der Waals surface area (Å²) >= 11 is 0. The molecule has 0 N–H and O–H groups in total. The Morgan fingerprint density at radius 3 is 2.33 bits per heavy atom. The van der Waals surface area contributed by atoms with Crippen molar-refractivity contribution in [3.05, 3.63) is 108 Å². The fraction of sp³-hybridized carbons (Fsp3) is 0.325. The van der Waals surface area contributed by atoms with Crippen molar-refractivity contribution >= 4 is 35.3 Å². The average molecular weight is 804 g/mol. The van der Waals surface area contributed by atoms with Crippen LogP contribution in [0, 0.1) is 30.4 Å². The molecule has 46 heavy (non-hydrogen) atoms. The number of furan rings is 1. The Bertz CT molecular complexity index is 1920. The van der Waals surface area contributed by atoms with Gasteiger partial charge in [0.25, 0.3) is 0 Å². The topological polar surface area (TPSA) is 51.8 Å². The van der Waals surface area contributed by atoms with Gasteiger partial charge in [-0.2, -0.15) is 0 Å². The standard InChI is InChI=1S/C21H19N2O.C19H26NSi.Ir/c1-13(2)11-15-9-10-22-19(12-15)18-6-4-5-16-17-8-7-14(3)23-21(17)24-20(16)18;1-19(2,3)13-16-12-17(15-10-8-7-9-11-15)20-14-18(16)21(4,5)6;/h4-5,7-10,12-13H,11H2,1-3H3;7-10,12,14H,13H2,1-6H3;/q2*-1;. The summed E-state index contributed by atoms with van der Waals surface area (Å²) in [5.41, 5.74) is 9.37. The second-order valence-corrected chi connectivity index (χ2v) is 19.7. The number of hydrogen-bond donors (Lipinski definition) is 0. The van der Waals surface area contributed by atoms with Gasteiger partial charge in [-0.3, -0.25) is 0 Å². The number of pyridine rings is 3. The van der Waals surface area contributed by atoms with Crippen molar-refractivity contribution in [1.29, 1.82) is 0 Å². The Morgan fingerprint density at radius 2 is 1.65 bits per heavy atom. The second kappa shape index (κ2) is 14.5. The van der Waals surface area contributed by atoms with Crippen LogP contribution in [0.25, 0.3) is 44.6 Å². The zero-order valence-corrected chi connectivity index (χ0v) is 32.0. The maximum absolute atomic E-state index is 6.06. The van der Waals surface area contributed by atoms with E-state index in [-0.39, 0.29) is 25.5 Å². The molecular weight excluding hydrogens is 759 g/mol. The number of aryl methyl sites for hydroxylation is 1. The van der Waals surface area contributed by atoms with Crippen LogP contribution in [-0.2, 0) is 32.9 Å². The maximum atomic E-state index is 6.06. The van der Waals surface area contributed by atoms with Gasteiger partial charge in [0, 0.05) is 43.6 Å². The third kappa shape index (κ3) is 8.67. The molecular formula is C40H45IrN3OSi-2. The summed E-state index contributed by atoms with van der Waals surface area (Å²) in [6.45, 7) is 20.5. The molecule has 4 heterocycles. The first-order valence-corrected chi connectivity index (χ1v) is 19.4. The third-order valence-electron chi connectivity index (χ3n) is 7.67. The van der Waals surface area contributed by atoms with Crippen molar-refractivity contribution in [3.8, 4) is 22.5 Å². The van der Waals surface area contributed by atoms with Crippen LogP contribution >= 0.6 is 0 Å². The number of aromatic nitrogens is 3. The second-order valence-electron chi connectivity index (χ2n) is 14.6. The fourth-order valence-corrected chi connectivity index (χ4v) is 7.28. The summed E-state index contributed by atoms with van der Waals surface area (Å²) in [4.78, 5) is 13.8. The maximum Gasteiger partial charge on any atom is 0.216 e. The predicted octanol–water partition coefficient (Wildman–Crippen LogP) is 10.0. The minimum atomic E-state index is -1.37. The quantitative estimate of drug-likeness (QED) is 0.124. The number of benzene rings is 2. The fourth-order valence-electron chi connectivity index (χ4n) is 5.70. The molecule has 6 heteroatoms. The van der Waals surface area contributed by atoms with Crippen LogP contribution in [0.4, 0.5) is 0 Å². The molecule has 0 saturated carbocycles. The molecule has 0 atom stereocenters. The zero-order chi connectivity index (χ0) is 32.4. The van der Waals surface area contributed by atoms with Crippen molar-refractivity contribution < 1.29 is 24.5 Å². The van der Waals surface area contributed by atoms with Gasteiger partial charge >= 0.3 is 0 Å². The van der Waals surface area contributed by atoms with Crippen LogP contribution < -0.4 is 5.19 Å². The van der Waals surface area contributed by atoms with Crippen LogP contribution in [0.5, 0.6) is 0 Å². The van der Waals surface area contributed by atoms with E-state index in [1.807, 2.05) is 49.5 Å². The van der Waals surface area contributed by atoms with E-state index >= 15 is 0 Å². The van der Waals surface area contributed by atoms with Crippen molar-refractivity contribution in [3.63, 3.8) is 0 Å². The molecule has 6 aromatic rings. The first kappa shape index (κ1) is 35.4. The molecule has 4 aromatic heterocycles. The molecule has 1 radical (unpaired) electrons. The van der Waals surface area contributed by atoms with Gasteiger partial charge in [0.15, 0.2) is 0 Å². The molecule has 0 fully saturated rings. The van der Waals surface area contributed by atoms with Crippen molar-refractivity contribution in [2.24, 2.45) is 11.3 Å². The van der Waals surface area contributed by atoms with E-state index in [1.165, 1.54) is 16.3 Å². The molecule has 0 aliphatic heterocycles. The SMILES string of the molecule is CC(C)(C)Cc1cc(-c2[c-]cccc2)ncc1[Si](C)(C)C.Cc1ccc2c(n1)oc1c(-c3cc(CC(C)C)ccn3)[c-]ccc12.[Ir]. The molecule has 0 aliphatic carbocycles. The van der Waals surface area contributed by atoms with Crippen molar-refractivity contribution in [2.75, 3.05) is 0 Å². The molecule has 0 amide bonds. The van der Waals surface area contributed by atoms with Crippen molar-refractivity contribution in [2.45, 2.75) is 74.0 Å². The van der Waals surface area contributed by atoms with Crippen LogP contribution in [0.15, 0.2) is 83.5 Å². The summed E-state index contributed by atoms with van der Waals surface area (Å²) in [5, 5.41) is 3.57.